The summed E-state index contributed by atoms with van der Waals surface area (Å²) in [4.78, 5) is 12.4. The summed E-state index contributed by atoms with van der Waals surface area (Å²) in [5.74, 6) is 0.174. The van der Waals surface area contributed by atoms with E-state index in [4.69, 9.17) is 16.3 Å². The lowest BCUT2D eigenvalue weighted by Gasteiger charge is -2.26. The molecule has 0 unspecified atom stereocenters. The smallest absolute Gasteiger partial charge is 0.308 e. The fraction of sp³-hybridized carbons (Fsp3) is 0.269. The van der Waals surface area contributed by atoms with Crippen LogP contribution in [0.2, 0.25) is 5.02 Å². The van der Waals surface area contributed by atoms with Crippen LogP contribution < -0.4 is 14.3 Å². The van der Waals surface area contributed by atoms with Crippen molar-refractivity contribution in [2.24, 2.45) is 0 Å². The quantitative estimate of drug-likeness (QED) is 0.309. The summed E-state index contributed by atoms with van der Waals surface area (Å²) in [7, 11) is -6.58. The molecule has 0 aliphatic carbocycles. The first-order chi connectivity index (χ1) is 18.6. The predicted molar refractivity (Wildman–Crippen MR) is 153 cm³/mol. The van der Waals surface area contributed by atoms with Gasteiger partial charge in [0.1, 0.15) is 5.75 Å². The van der Waals surface area contributed by atoms with Crippen LogP contribution in [0.15, 0.2) is 75.2 Å². The van der Waals surface area contributed by atoms with Crippen molar-refractivity contribution in [2.75, 3.05) is 24.9 Å². The Bertz CT molecular complexity index is 1810. The summed E-state index contributed by atoms with van der Waals surface area (Å²) in [5, 5.41) is 0.533. The Hall–Kier alpha value is -2.90. The largest absolute Gasteiger partial charge is 0.495 e. The number of piperidine rings is 1. The van der Waals surface area contributed by atoms with Crippen LogP contribution in [0, 0.1) is 0 Å². The minimum atomic E-state index is -4.16. The number of fused-ring (bicyclic) bond motifs is 1. The lowest BCUT2D eigenvalue weighted by molar-refractivity contribution is 0.346. The molecule has 2 heterocycles. The fourth-order valence-electron chi connectivity index (χ4n) is 4.55. The molecule has 0 saturated carbocycles. The molecule has 0 amide bonds. The lowest BCUT2D eigenvalue weighted by atomic mass is 10.2. The number of hydrogen-bond donors (Lipinski definition) is 1. The molecule has 13 heteroatoms. The molecule has 9 nitrogen and oxygen atoms in total. The van der Waals surface area contributed by atoms with Crippen molar-refractivity contribution in [1.29, 1.82) is 0 Å². The van der Waals surface area contributed by atoms with Crippen molar-refractivity contribution in [3.05, 3.63) is 80.9 Å². The molecular formula is C26H26ClN3O6S3. The molecule has 4 aromatic rings. The third kappa shape index (κ3) is 5.57. The number of ether oxygens (including phenoxy) is 1. The van der Waals surface area contributed by atoms with Crippen molar-refractivity contribution in [2.45, 2.75) is 35.6 Å². The van der Waals surface area contributed by atoms with Crippen LogP contribution in [0.4, 0.5) is 5.69 Å². The van der Waals surface area contributed by atoms with Gasteiger partial charge in [0.2, 0.25) is 10.0 Å². The van der Waals surface area contributed by atoms with E-state index < -0.39 is 20.0 Å². The first-order valence-corrected chi connectivity index (χ1v) is 16.3. The number of halogens is 1. The topological polar surface area (TPSA) is 115 Å². The lowest BCUT2D eigenvalue weighted by Crippen LogP contribution is -2.35. The third-order valence-electron chi connectivity index (χ3n) is 6.60. The normalized spacial score (nSPS) is 14.9. The summed E-state index contributed by atoms with van der Waals surface area (Å²) < 4.78 is 64.3. The van der Waals surface area contributed by atoms with E-state index >= 15 is 0 Å². The molecule has 1 fully saturated rings. The number of methoxy groups -OCH3 is 1. The Balaban J connectivity index is 1.47. The Morgan fingerprint density at radius 3 is 2.38 bits per heavy atom. The molecule has 1 aromatic heterocycles. The zero-order valence-electron chi connectivity index (χ0n) is 21.0. The summed E-state index contributed by atoms with van der Waals surface area (Å²) in [6, 6.07) is 15.7. The van der Waals surface area contributed by atoms with Gasteiger partial charge in [-0.15, -0.1) is 0 Å². The van der Waals surface area contributed by atoms with Crippen LogP contribution in [-0.4, -0.2) is 45.9 Å². The highest BCUT2D eigenvalue weighted by Crippen LogP contribution is 2.32. The van der Waals surface area contributed by atoms with Crippen LogP contribution in [0.25, 0.3) is 10.2 Å². The van der Waals surface area contributed by atoms with Gasteiger partial charge >= 0.3 is 4.87 Å². The molecule has 0 spiro atoms. The number of anilines is 1. The second-order valence-corrected chi connectivity index (χ2v) is 14.1. The van der Waals surface area contributed by atoms with E-state index in [9.17, 15) is 21.6 Å². The summed E-state index contributed by atoms with van der Waals surface area (Å²) in [5.41, 5.74) is 1.35. The van der Waals surface area contributed by atoms with Crippen LogP contribution in [0.5, 0.6) is 5.75 Å². The standard InChI is InChI=1S/C26H26ClN3O6S3/c1-36-24-12-10-20(39(34,35)29-13-5-2-6-14-29)15-22(24)28-38(32,33)19-9-11-23-25(16-19)37-26(31)30(23)17-18-7-3-4-8-21(18)27/h3-4,7-12,15-16,28H,2,5-6,13-14,17H2,1H3. The average molecular weight is 608 g/mol. The number of hydrogen-bond acceptors (Lipinski definition) is 7. The van der Waals surface area contributed by atoms with E-state index in [1.165, 1.54) is 41.7 Å². The Labute approximate surface area is 235 Å². The van der Waals surface area contributed by atoms with E-state index in [1.807, 2.05) is 12.1 Å². The molecule has 1 N–H and O–H groups in total. The molecule has 39 heavy (non-hydrogen) atoms. The minimum Gasteiger partial charge on any atom is -0.495 e. The Kier molecular flexibility index (Phi) is 7.75. The molecule has 206 valence electrons. The third-order valence-corrected chi connectivity index (χ3v) is 11.2. The highest BCUT2D eigenvalue weighted by atomic mass is 35.5. The van der Waals surface area contributed by atoms with Crippen LogP contribution in [-0.2, 0) is 26.6 Å². The maximum absolute atomic E-state index is 13.4. The maximum atomic E-state index is 13.4. The second kappa shape index (κ2) is 10.9. The van der Waals surface area contributed by atoms with Crippen LogP contribution in [0.3, 0.4) is 0 Å². The van der Waals surface area contributed by atoms with Gasteiger partial charge in [0.15, 0.2) is 0 Å². The van der Waals surface area contributed by atoms with Crippen LogP contribution in [0.1, 0.15) is 24.8 Å². The number of nitrogens with one attached hydrogen (secondary N) is 1. The molecule has 0 bridgehead atoms. The zero-order chi connectivity index (χ0) is 27.8. The SMILES string of the molecule is COc1ccc(S(=O)(=O)N2CCCCC2)cc1NS(=O)(=O)c1ccc2c(c1)sc(=O)n2Cc1ccccc1Cl. The van der Waals surface area contributed by atoms with E-state index in [-0.39, 0.29) is 32.6 Å². The molecule has 0 radical (unpaired) electrons. The summed E-state index contributed by atoms with van der Waals surface area (Å²) in [6.07, 6.45) is 2.54. The molecule has 0 atom stereocenters. The van der Waals surface area contributed by atoms with Gasteiger partial charge in [-0.25, -0.2) is 16.8 Å². The van der Waals surface area contributed by atoms with Gasteiger partial charge in [-0.1, -0.05) is 47.6 Å². The average Bonchev–Trinajstić information content (AvgIpc) is 3.24. The van der Waals surface area contributed by atoms with E-state index in [0.717, 1.165) is 36.2 Å². The van der Waals surface area contributed by atoms with Crippen molar-refractivity contribution in [3.8, 4) is 5.75 Å². The fourth-order valence-corrected chi connectivity index (χ4v) is 8.38. The summed E-state index contributed by atoms with van der Waals surface area (Å²) >= 11 is 7.20. The van der Waals surface area contributed by atoms with Crippen molar-refractivity contribution in [3.63, 3.8) is 0 Å². The predicted octanol–water partition coefficient (Wildman–Crippen LogP) is 4.75. The Morgan fingerprint density at radius 1 is 0.949 bits per heavy atom. The van der Waals surface area contributed by atoms with Gasteiger partial charge in [0, 0.05) is 18.1 Å². The van der Waals surface area contributed by atoms with Gasteiger partial charge in [-0.05, 0) is 60.9 Å². The van der Waals surface area contributed by atoms with Gasteiger partial charge in [0.25, 0.3) is 10.0 Å². The van der Waals surface area contributed by atoms with E-state index in [2.05, 4.69) is 4.72 Å². The van der Waals surface area contributed by atoms with Gasteiger partial charge in [-0.3, -0.25) is 14.1 Å². The first kappa shape index (κ1) is 27.7. The number of thiazole rings is 1. The van der Waals surface area contributed by atoms with Gasteiger partial charge in [-0.2, -0.15) is 4.31 Å². The second-order valence-electron chi connectivity index (χ2n) is 9.11. The highest BCUT2D eigenvalue weighted by Gasteiger charge is 2.28. The molecule has 1 aliphatic heterocycles. The van der Waals surface area contributed by atoms with Gasteiger partial charge < -0.3 is 4.74 Å². The minimum absolute atomic E-state index is 0.000147. The molecule has 5 rings (SSSR count). The first-order valence-electron chi connectivity index (χ1n) is 12.2. The van der Waals surface area contributed by atoms with Crippen LogP contribution >= 0.6 is 22.9 Å². The van der Waals surface area contributed by atoms with Crippen molar-refractivity contribution >= 4 is 58.9 Å². The highest BCUT2D eigenvalue weighted by molar-refractivity contribution is 7.92. The monoisotopic (exact) mass is 607 g/mol. The maximum Gasteiger partial charge on any atom is 0.308 e. The van der Waals surface area contributed by atoms with E-state index in [1.54, 1.807) is 22.8 Å². The number of rotatable bonds is 8. The zero-order valence-corrected chi connectivity index (χ0v) is 24.2. The van der Waals surface area contributed by atoms with Crippen molar-refractivity contribution < 1.29 is 21.6 Å². The van der Waals surface area contributed by atoms with E-state index in [0.29, 0.717) is 28.3 Å². The van der Waals surface area contributed by atoms with Crippen molar-refractivity contribution in [1.82, 2.24) is 8.87 Å². The number of benzene rings is 3. The molecule has 3 aromatic carbocycles. The number of nitrogens with zero attached hydrogens (tertiary/aromatic N) is 2. The number of aromatic nitrogens is 1. The molecular weight excluding hydrogens is 582 g/mol. The number of sulfonamides is 2. The molecule has 1 saturated heterocycles. The Morgan fingerprint density at radius 2 is 1.67 bits per heavy atom. The summed E-state index contributed by atoms with van der Waals surface area (Å²) in [6.45, 7) is 1.10. The van der Waals surface area contributed by atoms with Gasteiger partial charge in [0.05, 0.1) is 39.3 Å². The molecule has 1 aliphatic rings.